The van der Waals surface area contributed by atoms with E-state index in [1.54, 1.807) is 0 Å². The van der Waals surface area contributed by atoms with E-state index in [2.05, 4.69) is 0 Å². The predicted molar refractivity (Wildman–Crippen MR) is 58.2 cm³/mol. The molecule has 0 bridgehead atoms. The number of hydrogen-bond acceptors (Lipinski definition) is 3. The van der Waals surface area contributed by atoms with Crippen LogP contribution < -0.4 is 11.5 Å². The van der Waals surface area contributed by atoms with E-state index >= 15 is 0 Å². The van der Waals surface area contributed by atoms with E-state index in [0.717, 1.165) is 0 Å². The number of hydrogen-bond donors (Lipinski definition) is 3. The Hall–Kier alpha value is -2.09. The SMILES string of the molecule is NC(=O)C(CC(=O)O)C(N)c1cc(F)c(F)cc1F. The minimum atomic E-state index is -1.48. The molecule has 0 aliphatic rings. The van der Waals surface area contributed by atoms with Crippen LogP contribution in [0.3, 0.4) is 0 Å². The van der Waals surface area contributed by atoms with Gasteiger partial charge >= 0.3 is 5.97 Å². The topological polar surface area (TPSA) is 106 Å². The molecule has 5 nitrogen and oxygen atoms in total. The molecule has 0 heterocycles. The van der Waals surface area contributed by atoms with E-state index in [0.29, 0.717) is 6.07 Å². The van der Waals surface area contributed by atoms with Crippen LogP contribution in [0.2, 0.25) is 0 Å². The first-order valence-electron chi connectivity index (χ1n) is 5.15. The van der Waals surface area contributed by atoms with Crippen LogP contribution in [0.1, 0.15) is 18.0 Å². The largest absolute Gasteiger partial charge is 0.481 e. The molecule has 0 radical (unpaired) electrons. The average Bonchev–Trinajstić information content (AvgIpc) is 2.29. The molecule has 8 heteroatoms. The maximum atomic E-state index is 13.5. The molecule has 1 rings (SSSR count). The van der Waals surface area contributed by atoms with E-state index in [4.69, 9.17) is 16.6 Å². The van der Waals surface area contributed by atoms with Crippen molar-refractivity contribution < 1.29 is 27.9 Å². The minimum absolute atomic E-state index is 0.267. The van der Waals surface area contributed by atoms with Crippen LogP contribution in [0.25, 0.3) is 0 Å². The Balaban J connectivity index is 3.16. The van der Waals surface area contributed by atoms with Crippen molar-refractivity contribution in [3.05, 3.63) is 35.1 Å². The first kappa shape index (κ1) is 15.0. The summed E-state index contributed by atoms with van der Waals surface area (Å²) in [5, 5.41) is 8.61. The second-order valence-electron chi connectivity index (χ2n) is 3.92. The average molecular weight is 276 g/mol. The Bertz CT molecular complexity index is 522. The minimum Gasteiger partial charge on any atom is -0.481 e. The highest BCUT2D eigenvalue weighted by molar-refractivity contribution is 5.82. The molecule has 2 atom stereocenters. The molecule has 1 aromatic carbocycles. The Morgan fingerprint density at radius 3 is 2.16 bits per heavy atom. The number of carboxylic acids is 1. The maximum absolute atomic E-state index is 13.5. The summed E-state index contributed by atoms with van der Waals surface area (Å²) in [4.78, 5) is 21.7. The molecule has 0 fully saturated rings. The third kappa shape index (κ3) is 3.44. The fourth-order valence-corrected chi connectivity index (χ4v) is 1.60. The van der Waals surface area contributed by atoms with Crippen molar-refractivity contribution >= 4 is 11.9 Å². The van der Waals surface area contributed by atoms with Gasteiger partial charge in [0.2, 0.25) is 5.91 Å². The Morgan fingerprint density at radius 1 is 1.16 bits per heavy atom. The molecule has 1 amide bonds. The lowest BCUT2D eigenvalue weighted by Gasteiger charge is -2.20. The number of carbonyl (C=O) groups excluding carboxylic acids is 1. The summed E-state index contributed by atoms with van der Waals surface area (Å²) in [7, 11) is 0. The van der Waals surface area contributed by atoms with E-state index in [1.165, 1.54) is 0 Å². The van der Waals surface area contributed by atoms with Gasteiger partial charge in [-0.1, -0.05) is 0 Å². The zero-order valence-corrected chi connectivity index (χ0v) is 9.57. The van der Waals surface area contributed by atoms with Crippen molar-refractivity contribution in [1.82, 2.24) is 0 Å². The molecule has 0 saturated carbocycles. The highest BCUT2D eigenvalue weighted by Gasteiger charge is 2.30. The number of benzene rings is 1. The maximum Gasteiger partial charge on any atom is 0.304 e. The zero-order valence-electron chi connectivity index (χ0n) is 9.57. The molecule has 104 valence electrons. The molecule has 0 aromatic heterocycles. The highest BCUT2D eigenvalue weighted by atomic mass is 19.2. The van der Waals surface area contributed by atoms with Crippen molar-refractivity contribution in [2.75, 3.05) is 0 Å². The summed E-state index contributed by atoms with van der Waals surface area (Å²) in [6.45, 7) is 0. The number of halogens is 3. The number of carboxylic acid groups (broad SMARTS) is 1. The van der Waals surface area contributed by atoms with Crippen LogP contribution in [0, 0.1) is 23.4 Å². The number of amides is 1. The first-order chi connectivity index (χ1) is 8.73. The normalized spacial score (nSPS) is 13.9. The smallest absolute Gasteiger partial charge is 0.304 e. The second kappa shape index (κ2) is 5.70. The standard InChI is InChI=1S/C11H11F3N2O3/c12-6-3-8(14)7(13)1-4(6)10(15)5(11(16)19)2-9(17)18/h1,3,5,10H,2,15H2,(H2,16,19)(H,17,18). The van der Waals surface area contributed by atoms with E-state index in [-0.39, 0.29) is 6.07 Å². The molecule has 0 aliphatic heterocycles. The second-order valence-corrected chi connectivity index (χ2v) is 3.92. The van der Waals surface area contributed by atoms with Gasteiger partial charge in [0, 0.05) is 17.7 Å². The van der Waals surface area contributed by atoms with Gasteiger partial charge in [0.05, 0.1) is 12.3 Å². The van der Waals surface area contributed by atoms with Crippen LogP contribution in [0.15, 0.2) is 12.1 Å². The number of rotatable bonds is 5. The lowest BCUT2D eigenvalue weighted by molar-refractivity contribution is -0.141. The molecule has 0 aliphatic carbocycles. The summed E-state index contributed by atoms with van der Waals surface area (Å²) < 4.78 is 39.2. The fourth-order valence-electron chi connectivity index (χ4n) is 1.60. The summed E-state index contributed by atoms with van der Waals surface area (Å²) in [6, 6.07) is -0.736. The van der Waals surface area contributed by atoms with Gasteiger partial charge in [0.25, 0.3) is 0 Å². The summed E-state index contributed by atoms with van der Waals surface area (Å²) in [5.74, 6) is -7.83. The van der Waals surface area contributed by atoms with Crippen molar-refractivity contribution in [3.63, 3.8) is 0 Å². The Kier molecular flexibility index (Phi) is 4.49. The highest BCUT2D eigenvalue weighted by Crippen LogP contribution is 2.26. The fraction of sp³-hybridized carbons (Fsp3) is 0.273. The van der Waals surface area contributed by atoms with Crippen LogP contribution >= 0.6 is 0 Å². The van der Waals surface area contributed by atoms with Crippen LogP contribution in [0.4, 0.5) is 13.2 Å². The van der Waals surface area contributed by atoms with Crippen LogP contribution in [-0.4, -0.2) is 17.0 Å². The van der Waals surface area contributed by atoms with Gasteiger partial charge in [-0.2, -0.15) is 0 Å². The van der Waals surface area contributed by atoms with Crippen molar-refractivity contribution in [1.29, 1.82) is 0 Å². The number of carbonyl (C=O) groups is 2. The number of nitrogens with two attached hydrogens (primary N) is 2. The van der Waals surface area contributed by atoms with Gasteiger partial charge in [-0.3, -0.25) is 9.59 Å². The molecule has 2 unspecified atom stereocenters. The Morgan fingerprint density at radius 2 is 1.68 bits per heavy atom. The predicted octanol–water partition coefficient (Wildman–Crippen LogP) is 0.680. The lowest BCUT2D eigenvalue weighted by atomic mass is 9.90. The molecular formula is C11H11F3N2O3. The monoisotopic (exact) mass is 276 g/mol. The summed E-state index contributed by atoms with van der Waals surface area (Å²) >= 11 is 0. The van der Waals surface area contributed by atoms with E-state index in [9.17, 15) is 22.8 Å². The molecule has 19 heavy (non-hydrogen) atoms. The number of primary amides is 1. The third-order valence-electron chi connectivity index (χ3n) is 2.59. The molecule has 5 N–H and O–H groups in total. The quantitative estimate of drug-likeness (QED) is 0.687. The lowest BCUT2D eigenvalue weighted by Crippen LogP contribution is -2.35. The molecular weight excluding hydrogens is 265 g/mol. The first-order valence-corrected chi connectivity index (χ1v) is 5.15. The third-order valence-corrected chi connectivity index (χ3v) is 2.59. The van der Waals surface area contributed by atoms with Gasteiger partial charge in [-0.05, 0) is 6.07 Å². The van der Waals surface area contributed by atoms with Gasteiger partial charge in [-0.25, -0.2) is 13.2 Å². The van der Waals surface area contributed by atoms with Crippen molar-refractivity contribution in [2.45, 2.75) is 12.5 Å². The number of aliphatic carboxylic acids is 1. The summed E-state index contributed by atoms with van der Waals surface area (Å²) in [5.41, 5.74) is 9.97. The van der Waals surface area contributed by atoms with Gasteiger partial charge in [-0.15, -0.1) is 0 Å². The van der Waals surface area contributed by atoms with Crippen molar-refractivity contribution in [3.8, 4) is 0 Å². The molecule has 0 saturated heterocycles. The van der Waals surface area contributed by atoms with Gasteiger partial charge in [0.1, 0.15) is 5.82 Å². The Labute approximate surface area is 106 Å². The van der Waals surface area contributed by atoms with E-state index < -0.39 is 53.3 Å². The van der Waals surface area contributed by atoms with Crippen molar-refractivity contribution in [2.24, 2.45) is 17.4 Å². The van der Waals surface area contributed by atoms with Gasteiger partial charge in [0.15, 0.2) is 11.6 Å². The van der Waals surface area contributed by atoms with Crippen LogP contribution in [-0.2, 0) is 9.59 Å². The van der Waals surface area contributed by atoms with Crippen LogP contribution in [0.5, 0.6) is 0 Å². The van der Waals surface area contributed by atoms with E-state index in [1.807, 2.05) is 0 Å². The summed E-state index contributed by atoms with van der Waals surface area (Å²) in [6.07, 6.45) is -0.741. The zero-order chi connectivity index (χ0) is 14.7. The molecule has 0 spiro atoms. The van der Waals surface area contributed by atoms with Gasteiger partial charge < -0.3 is 16.6 Å². The molecule has 1 aromatic rings.